The molecular weight excluding hydrogens is 258 g/mol. The van der Waals surface area contributed by atoms with E-state index >= 15 is 0 Å². The highest BCUT2D eigenvalue weighted by atomic mass is 35.5. The van der Waals surface area contributed by atoms with Crippen molar-refractivity contribution in [2.24, 2.45) is 0 Å². The Hall–Kier alpha value is -1.51. The van der Waals surface area contributed by atoms with Gasteiger partial charge in [0, 0.05) is 16.6 Å². The molecule has 0 heterocycles. The lowest BCUT2D eigenvalue weighted by Crippen LogP contribution is -2.13. The van der Waals surface area contributed by atoms with Crippen molar-refractivity contribution in [2.75, 3.05) is 7.05 Å². The minimum absolute atomic E-state index is 0.199. The normalized spacial score (nSPS) is 12.2. The highest BCUT2D eigenvalue weighted by Crippen LogP contribution is 2.28. The van der Waals surface area contributed by atoms with E-state index in [0.717, 1.165) is 21.9 Å². The van der Waals surface area contributed by atoms with Gasteiger partial charge in [0.1, 0.15) is 12.4 Å². The molecule has 2 rings (SSSR count). The fourth-order valence-electron chi connectivity index (χ4n) is 1.88. The topological polar surface area (TPSA) is 21.3 Å². The molecule has 1 N–H and O–H groups in total. The molecule has 1 unspecified atom stereocenters. The predicted octanol–water partition coefficient (Wildman–Crippen LogP) is 4.20. The number of halogens is 1. The van der Waals surface area contributed by atoms with Crippen molar-refractivity contribution in [1.82, 2.24) is 5.32 Å². The van der Waals surface area contributed by atoms with Gasteiger partial charge in [0.2, 0.25) is 0 Å². The Kier molecular flexibility index (Phi) is 4.83. The molecule has 3 heteroatoms. The zero-order chi connectivity index (χ0) is 13.7. The van der Waals surface area contributed by atoms with Crippen molar-refractivity contribution in [1.29, 1.82) is 0 Å². The van der Waals surface area contributed by atoms with Crippen LogP contribution in [0.5, 0.6) is 5.75 Å². The number of benzene rings is 2. The van der Waals surface area contributed by atoms with E-state index in [0.29, 0.717) is 6.61 Å². The third-order valence-corrected chi connectivity index (χ3v) is 3.34. The van der Waals surface area contributed by atoms with E-state index in [1.54, 1.807) is 0 Å². The summed E-state index contributed by atoms with van der Waals surface area (Å²) in [6.45, 7) is 2.65. The van der Waals surface area contributed by atoms with Gasteiger partial charge in [-0.2, -0.15) is 0 Å². The summed E-state index contributed by atoms with van der Waals surface area (Å²) in [4.78, 5) is 0. The molecule has 2 aromatic carbocycles. The zero-order valence-electron chi connectivity index (χ0n) is 11.2. The second kappa shape index (κ2) is 6.60. The van der Waals surface area contributed by atoms with Gasteiger partial charge >= 0.3 is 0 Å². The van der Waals surface area contributed by atoms with Crippen molar-refractivity contribution < 1.29 is 4.74 Å². The molecule has 100 valence electrons. The van der Waals surface area contributed by atoms with Crippen LogP contribution in [0.2, 0.25) is 5.02 Å². The minimum Gasteiger partial charge on any atom is -0.489 e. The quantitative estimate of drug-likeness (QED) is 0.883. The number of hydrogen-bond acceptors (Lipinski definition) is 2. The maximum Gasteiger partial charge on any atom is 0.124 e. The summed E-state index contributed by atoms with van der Waals surface area (Å²) in [7, 11) is 1.92. The monoisotopic (exact) mass is 275 g/mol. The molecule has 2 nitrogen and oxygen atoms in total. The molecule has 0 aliphatic heterocycles. The smallest absolute Gasteiger partial charge is 0.124 e. The Morgan fingerprint density at radius 3 is 2.58 bits per heavy atom. The number of hydrogen-bond donors (Lipinski definition) is 1. The Balaban J connectivity index is 2.15. The van der Waals surface area contributed by atoms with Crippen molar-refractivity contribution in [3.8, 4) is 5.75 Å². The van der Waals surface area contributed by atoms with Crippen molar-refractivity contribution in [2.45, 2.75) is 19.6 Å². The Morgan fingerprint density at radius 1 is 1.16 bits per heavy atom. The van der Waals surface area contributed by atoms with Gasteiger partial charge < -0.3 is 10.1 Å². The first kappa shape index (κ1) is 13.9. The van der Waals surface area contributed by atoms with Gasteiger partial charge in [0.05, 0.1) is 0 Å². The Morgan fingerprint density at radius 2 is 1.89 bits per heavy atom. The summed E-state index contributed by atoms with van der Waals surface area (Å²) < 4.78 is 5.90. The first-order valence-corrected chi connectivity index (χ1v) is 6.72. The van der Waals surface area contributed by atoms with E-state index in [1.807, 2.05) is 43.4 Å². The van der Waals surface area contributed by atoms with Crippen LogP contribution in [0.3, 0.4) is 0 Å². The van der Waals surface area contributed by atoms with E-state index in [2.05, 4.69) is 24.4 Å². The molecular formula is C16H18ClNO. The van der Waals surface area contributed by atoms with Gasteiger partial charge in [-0.25, -0.2) is 0 Å². The van der Waals surface area contributed by atoms with E-state index in [4.69, 9.17) is 16.3 Å². The average molecular weight is 276 g/mol. The van der Waals surface area contributed by atoms with Crippen molar-refractivity contribution >= 4 is 11.6 Å². The lowest BCUT2D eigenvalue weighted by atomic mass is 10.1. The highest BCUT2D eigenvalue weighted by molar-refractivity contribution is 6.30. The van der Waals surface area contributed by atoms with E-state index < -0.39 is 0 Å². The van der Waals surface area contributed by atoms with Gasteiger partial charge in [-0.05, 0) is 37.7 Å². The summed E-state index contributed by atoms with van der Waals surface area (Å²) in [5.74, 6) is 0.870. The summed E-state index contributed by atoms with van der Waals surface area (Å²) in [6.07, 6.45) is 0. The van der Waals surface area contributed by atoms with Crippen LogP contribution in [0, 0.1) is 0 Å². The molecule has 0 bridgehead atoms. The summed E-state index contributed by atoms with van der Waals surface area (Å²) in [6, 6.07) is 16.1. The van der Waals surface area contributed by atoms with Crippen LogP contribution in [0.4, 0.5) is 0 Å². The van der Waals surface area contributed by atoms with Crippen LogP contribution >= 0.6 is 11.6 Å². The summed E-state index contributed by atoms with van der Waals surface area (Å²) >= 11 is 6.05. The van der Waals surface area contributed by atoms with Crippen LogP contribution in [0.15, 0.2) is 48.5 Å². The molecule has 0 aromatic heterocycles. The van der Waals surface area contributed by atoms with E-state index in [-0.39, 0.29) is 6.04 Å². The third kappa shape index (κ3) is 3.72. The molecule has 0 aliphatic rings. The second-order valence-corrected chi connectivity index (χ2v) is 4.90. The highest BCUT2D eigenvalue weighted by Gasteiger charge is 2.11. The first-order valence-electron chi connectivity index (χ1n) is 6.34. The van der Waals surface area contributed by atoms with Crippen LogP contribution in [-0.2, 0) is 6.61 Å². The largest absolute Gasteiger partial charge is 0.489 e. The van der Waals surface area contributed by atoms with Gasteiger partial charge in [0.15, 0.2) is 0 Å². The fraction of sp³-hybridized carbons (Fsp3) is 0.250. The molecule has 1 atom stereocenters. The summed E-state index contributed by atoms with van der Waals surface area (Å²) in [5, 5.41) is 3.93. The molecule has 2 aromatic rings. The Bertz CT molecular complexity index is 528. The molecule has 0 amide bonds. The average Bonchev–Trinajstić information content (AvgIpc) is 2.46. The molecule has 0 saturated carbocycles. The van der Waals surface area contributed by atoms with Crippen LogP contribution in [-0.4, -0.2) is 7.05 Å². The minimum atomic E-state index is 0.199. The van der Waals surface area contributed by atoms with Gasteiger partial charge in [-0.15, -0.1) is 0 Å². The van der Waals surface area contributed by atoms with Crippen LogP contribution in [0.25, 0.3) is 0 Å². The SMILES string of the molecule is CNC(C)c1cc(Cl)ccc1OCc1ccccc1. The third-order valence-electron chi connectivity index (χ3n) is 3.11. The molecule has 0 radical (unpaired) electrons. The second-order valence-electron chi connectivity index (χ2n) is 4.47. The molecule has 0 aliphatic carbocycles. The molecule has 0 spiro atoms. The summed E-state index contributed by atoms with van der Waals surface area (Å²) in [5.41, 5.74) is 2.23. The van der Waals surface area contributed by atoms with E-state index in [9.17, 15) is 0 Å². The van der Waals surface area contributed by atoms with Gasteiger partial charge in [0.25, 0.3) is 0 Å². The standard InChI is InChI=1S/C16H18ClNO/c1-12(18-2)15-10-14(17)8-9-16(15)19-11-13-6-4-3-5-7-13/h3-10,12,18H,11H2,1-2H3. The molecule has 0 saturated heterocycles. The number of rotatable bonds is 5. The predicted molar refractivity (Wildman–Crippen MR) is 79.7 cm³/mol. The number of nitrogens with one attached hydrogen (secondary N) is 1. The first-order chi connectivity index (χ1) is 9.20. The maximum absolute atomic E-state index is 6.05. The maximum atomic E-state index is 6.05. The zero-order valence-corrected chi connectivity index (χ0v) is 11.9. The van der Waals surface area contributed by atoms with Crippen molar-refractivity contribution in [3.05, 3.63) is 64.7 Å². The van der Waals surface area contributed by atoms with Crippen LogP contribution in [0.1, 0.15) is 24.1 Å². The number of ether oxygens (including phenoxy) is 1. The molecule has 0 fully saturated rings. The van der Waals surface area contributed by atoms with Gasteiger partial charge in [-0.1, -0.05) is 41.9 Å². The lowest BCUT2D eigenvalue weighted by molar-refractivity contribution is 0.300. The van der Waals surface area contributed by atoms with Crippen molar-refractivity contribution in [3.63, 3.8) is 0 Å². The Labute approximate surface area is 119 Å². The van der Waals surface area contributed by atoms with E-state index in [1.165, 1.54) is 0 Å². The lowest BCUT2D eigenvalue weighted by Gasteiger charge is -2.17. The molecule has 19 heavy (non-hydrogen) atoms. The van der Waals surface area contributed by atoms with Gasteiger partial charge in [-0.3, -0.25) is 0 Å². The fourth-order valence-corrected chi connectivity index (χ4v) is 2.06. The van der Waals surface area contributed by atoms with Crippen LogP contribution < -0.4 is 10.1 Å².